The van der Waals surface area contributed by atoms with Gasteiger partial charge in [-0.05, 0) is 39.0 Å². The third-order valence-corrected chi connectivity index (χ3v) is 2.39. The van der Waals surface area contributed by atoms with Crippen LogP contribution in [-0.4, -0.2) is 44.7 Å². The fraction of sp³-hybridized carbons (Fsp3) is 0.714. The molecule has 0 saturated carbocycles. The minimum absolute atomic E-state index is 0.279. The zero-order valence-electron chi connectivity index (χ0n) is 11.8. The summed E-state index contributed by atoms with van der Waals surface area (Å²) in [7, 11) is 6.60. The number of carbonyl (C=O) groups excluding carboxylic acids is 1. The van der Waals surface area contributed by atoms with Crippen molar-refractivity contribution >= 4 is 5.97 Å². The van der Waals surface area contributed by atoms with E-state index in [0.29, 0.717) is 12.2 Å². The number of unbranched alkanes of at least 4 members (excludes halogenated alkanes) is 4. The Morgan fingerprint density at radius 1 is 1.24 bits per heavy atom. The van der Waals surface area contributed by atoms with E-state index in [0.717, 1.165) is 30.2 Å². The predicted molar refractivity (Wildman–Crippen MR) is 71.4 cm³/mol. The number of carbonyl (C=O) groups is 1. The molecule has 1 radical (unpaired) electrons. The molecule has 0 amide bonds. The van der Waals surface area contributed by atoms with E-state index in [1.807, 2.05) is 0 Å². The molecular formula is C14H27NO2+. The largest absolute Gasteiger partial charge is 0.462 e. The van der Waals surface area contributed by atoms with Gasteiger partial charge in [-0.1, -0.05) is 6.58 Å². The number of hydrogen-bond acceptors (Lipinski definition) is 2. The van der Waals surface area contributed by atoms with Gasteiger partial charge in [0.05, 0.1) is 34.3 Å². The molecule has 0 rings (SSSR count). The quantitative estimate of drug-likeness (QED) is 0.268. The molecule has 3 nitrogen and oxygen atoms in total. The number of nitrogens with zero attached hydrogens (tertiary/aromatic N) is 1. The Kier molecular flexibility index (Phi) is 7.88. The Balaban J connectivity index is 3.25. The number of quaternary nitrogens is 1. The Labute approximate surface area is 106 Å². The van der Waals surface area contributed by atoms with Gasteiger partial charge in [0, 0.05) is 5.57 Å². The summed E-state index contributed by atoms with van der Waals surface area (Å²) in [5, 5.41) is 0. The van der Waals surface area contributed by atoms with Crippen molar-refractivity contribution in [2.45, 2.75) is 32.6 Å². The van der Waals surface area contributed by atoms with Crippen molar-refractivity contribution in [1.29, 1.82) is 0 Å². The maximum atomic E-state index is 11.1. The summed E-state index contributed by atoms with van der Waals surface area (Å²) in [5.74, 6) is -0.279. The van der Waals surface area contributed by atoms with Crippen LogP contribution in [0.25, 0.3) is 0 Å². The van der Waals surface area contributed by atoms with Gasteiger partial charge in [0.1, 0.15) is 0 Å². The van der Waals surface area contributed by atoms with E-state index in [4.69, 9.17) is 4.74 Å². The first-order chi connectivity index (χ1) is 7.83. The Morgan fingerprint density at radius 2 is 1.88 bits per heavy atom. The van der Waals surface area contributed by atoms with Crippen molar-refractivity contribution in [3.63, 3.8) is 0 Å². The molecule has 99 valence electrons. The molecule has 0 bridgehead atoms. The van der Waals surface area contributed by atoms with Crippen LogP contribution < -0.4 is 0 Å². The molecule has 0 aromatic carbocycles. The predicted octanol–water partition coefficient (Wildman–Crippen LogP) is 2.58. The fourth-order valence-electron chi connectivity index (χ4n) is 1.30. The topological polar surface area (TPSA) is 26.3 Å². The maximum Gasteiger partial charge on any atom is 0.333 e. The zero-order chi connectivity index (χ0) is 13.3. The minimum Gasteiger partial charge on any atom is -0.462 e. The van der Waals surface area contributed by atoms with Crippen molar-refractivity contribution < 1.29 is 14.0 Å². The summed E-state index contributed by atoms with van der Waals surface area (Å²) in [4.78, 5) is 11.1. The molecule has 3 heteroatoms. The van der Waals surface area contributed by atoms with Crippen LogP contribution in [0, 0.1) is 6.42 Å². The van der Waals surface area contributed by atoms with Crippen LogP contribution in [-0.2, 0) is 9.53 Å². The van der Waals surface area contributed by atoms with Crippen LogP contribution >= 0.6 is 0 Å². The number of hydrogen-bond donors (Lipinski definition) is 0. The zero-order valence-corrected chi connectivity index (χ0v) is 11.8. The first-order valence-corrected chi connectivity index (χ1v) is 6.27. The van der Waals surface area contributed by atoms with Crippen LogP contribution in [0.2, 0.25) is 0 Å². The molecule has 17 heavy (non-hydrogen) atoms. The molecule has 0 N–H and O–H groups in total. The molecular weight excluding hydrogens is 214 g/mol. The smallest absolute Gasteiger partial charge is 0.333 e. The Bertz CT molecular complexity index is 241. The van der Waals surface area contributed by atoms with E-state index in [-0.39, 0.29) is 5.97 Å². The van der Waals surface area contributed by atoms with E-state index in [2.05, 4.69) is 34.1 Å². The monoisotopic (exact) mass is 241 g/mol. The fourth-order valence-corrected chi connectivity index (χ4v) is 1.30. The average molecular weight is 241 g/mol. The molecule has 0 fully saturated rings. The summed E-state index contributed by atoms with van der Waals surface area (Å²) in [6.45, 7) is 6.88. The summed E-state index contributed by atoms with van der Waals surface area (Å²) in [6.07, 6.45) is 6.59. The van der Waals surface area contributed by atoms with Crippen LogP contribution in [0.15, 0.2) is 12.2 Å². The van der Waals surface area contributed by atoms with Crippen molar-refractivity contribution in [3.8, 4) is 0 Å². The van der Waals surface area contributed by atoms with Gasteiger partial charge in [-0.2, -0.15) is 0 Å². The first-order valence-electron chi connectivity index (χ1n) is 6.27. The molecule has 0 spiro atoms. The van der Waals surface area contributed by atoms with Crippen LogP contribution in [0.4, 0.5) is 0 Å². The summed E-state index contributed by atoms with van der Waals surface area (Å²) in [5.41, 5.74) is 0.472. The van der Waals surface area contributed by atoms with Crippen molar-refractivity contribution in [1.82, 2.24) is 0 Å². The van der Waals surface area contributed by atoms with E-state index in [1.54, 1.807) is 6.92 Å². The molecule has 0 aromatic heterocycles. The maximum absolute atomic E-state index is 11.1. The molecule has 0 heterocycles. The van der Waals surface area contributed by atoms with Crippen molar-refractivity contribution in [3.05, 3.63) is 18.6 Å². The highest BCUT2D eigenvalue weighted by Crippen LogP contribution is 2.05. The molecule has 0 aliphatic carbocycles. The average Bonchev–Trinajstić information content (AvgIpc) is 2.19. The lowest BCUT2D eigenvalue weighted by Gasteiger charge is -2.23. The van der Waals surface area contributed by atoms with Gasteiger partial charge >= 0.3 is 5.97 Å². The second kappa shape index (κ2) is 8.29. The lowest BCUT2D eigenvalue weighted by Crippen LogP contribution is -2.35. The lowest BCUT2D eigenvalue weighted by molar-refractivity contribution is -0.870. The van der Waals surface area contributed by atoms with Crippen LogP contribution in [0.3, 0.4) is 0 Å². The molecule has 0 aromatic rings. The van der Waals surface area contributed by atoms with E-state index in [1.165, 1.54) is 6.54 Å². The normalized spacial score (nSPS) is 11.3. The van der Waals surface area contributed by atoms with E-state index in [9.17, 15) is 4.79 Å². The van der Waals surface area contributed by atoms with E-state index >= 15 is 0 Å². The third kappa shape index (κ3) is 11.4. The van der Waals surface area contributed by atoms with Crippen LogP contribution in [0.1, 0.15) is 32.6 Å². The standard InChI is InChI=1S/C14H27NO2/c1-13(2)14(16)17-12-10-8-6-7-9-11-15(3,4)5/h7H,1,6,8-12H2,2-5H3/q+1. The van der Waals surface area contributed by atoms with Gasteiger partial charge in [0.15, 0.2) is 0 Å². The Hall–Kier alpha value is -0.830. The molecule has 0 unspecified atom stereocenters. The van der Waals surface area contributed by atoms with Crippen LogP contribution in [0.5, 0.6) is 0 Å². The SMILES string of the molecule is C=C(C)C(=O)OCCCC[CH]CC[N+](C)(C)C. The van der Waals surface area contributed by atoms with Gasteiger partial charge in [0.25, 0.3) is 0 Å². The van der Waals surface area contributed by atoms with E-state index < -0.39 is 0 Å². The number of esters is 1. The molecule has 0 saturated heterocycles. The first kappa shape index (κ1) is 16.2. The molecule has 0 aliphatic rings. The summed E-state index contributed by atoms with van der Waals surface area (Å²) >= 11 is 0. The summed E-state index contributed by atoms with van der Waals surface area (Å²) in [6, 6.07) is 0. The highest BCUT2D eigenvalue weighted by atomic mass is 16.5. The highest BCUT2D eigenvalue weighted by molar-refractivity contribution is 5.86. The van der Waals surface area contributed by atoms with Gasteiger partial charge in [-0.15, -0.1) is 0 Å². The third-order valence-electron chi connectivity index (χ3n) is 2.39. The number of rotatable bonds is 9. The second-order valence-corrected chi connectivity index (χ2v) is 5.50. The van der Waals surface area contributed by atoms with Gasteiger partial charge in [-0.25, -0.2) is 4.79 Å². The van der Waals surface area contributed by atoms with Gasteiger partial charge < -0.3 is 9.22 Å². The molecule has 0 atom stereocenters. The summed E-state index contributed by atoms with van der Waals surface area (Å²) < 4.78 is 6.02. The lowest BCUT2D eigenvalue weighted by atomic mass is 10.1. The second-order valence-electron chi connectivity index (χ2n) is 5.50. The van der Waals surface area contributed by atoms with Gasteiger partial charge in [0.2, 0.25) is 0 Å². The number of ether oxygens (including phenoxy) is 1. The van der Waals surface area contributed by atoms with Crippen molar-refractivity contribution in [2.75, 3.05) is 34.3 Å². The van der Waals surface area contributed by atoms with Gasteiger partial charge in [-0.3, -0.25) is 0 Å². The minimum atomic E-state index is -0.279. The van der Waals surface area contributed by atoms with Crippen molar-refractivity contribution in [2.24, 2.45) is 0 Å². The Morgan fingerprint density at radius 3 is 2.41 bits per heavy atom. The molecule has 0 aliphatic heterocycles. The highest BCUT2D eigenvalue weighted by Gasteiger charge is 2.05.